The first-order chi connectivity index (χ1) is 8.54. The molecule has 4 nitrogen and oxygen atoms in total. The molecular weight excluding hydrogens is 237 g/mol. The van der Waals surface area contributed by atoms with Crippen molar-refractivity contribution in [1.29, 1.82) is 0 Å². The Labute approximate surface area is 105 Å². The van der Waals surface area contributed by atoms with Gasteiger partial charge in [-0.05, 0) is 30.7 Å². The van der Waals surface area contributed by atoms with Crippen LogP contribution in [0.3, 0.4) is 0 Å². The van der Waals surface area contributed by atoms with Crippen molar-refractivity contribution in [2.24, 2.45) is 0 Å². The minimum Gasteiger partial charge on any atom is -0.480 e. The molecule has 18 heavy (non-hydrogen) atoms. The van der Waals surface area contributed by atoms with Crippen LogP contribution >= 0.6 is 0 Å². The van der Waals surface area contributed by atoms with Crippen LogP contribution in [0.4, 0.5) is 4.39 Å². The van der Waals surface area contributed by atoms with Crippen LogP contribution in [0.1, 0.15) is 36.5 Å². The predicted molar refractivity (Wildman–Crippen MR) is 64.8 cm³/mol. The molecule has 0 bridgehead atoms. The second-order valence-corrected chi connectivity index (χ2v) is 4.01. The third kappa shape index (κ3) is 4.16. The number of unbranched alkanes of at least 4 members (excludes halogenated alkanes) is 1. The average molecular weight is 253 g/mol. The van der Waals surface area contributed by atoms with Gasteiger partial charge in [0.25, 0.3) is 5.91 Å². The van der Waals surface area contributed by atoms with Gasteiger partial charge in [-0.25, -0.2) is 9.18 Å². The molecule has 0 unspecified atom stereocenters. The van der Waals surface area contributed by atoms with Crippen LogP contribution in [0.2, 0.25) is 0 Å². The summed E-state index contributed by atoms with van der Waals surface area (Å²) in [6.45, 7) is 1.95. The zero-order chi connectivity index (χ0) is 13.5. The third-order valence-electron chi connectivity index (χ3n) is 2.56. The van der Waals surface area contributed by atoms with Gasteiger partial charge >= 0.3 is 5.97 Å². The van der Waals surface area contributed by atoms with Crippen molar-refractivity contribution >= 4 is 11.9 Å². The highest BCUT2D eigenvalue weighted by atomic mass is 19.1. The third-order valence-corrected chi connectivity index (χ3v) is 2.56. The van der Waals surface area contributed by atoms with Crippen LogP contribution in [0.25, 0.3) is 0 Å². The second-order valence-electron chi connectivity index (χ2n) is 4.01. The summed E-state index contributed by atoms with van der Waals surface area (Å²) in [6.07, 6.45) is 1.97. The summed E-state index contributed by atoms with van der Waals surface area (Å²) < 4.78 is 12.7. The average Bonchev–Trinajstić information content (AvgIpc) is 2.34. The minimum atomic E-state index is -1.06. The lowest BCUT2D eigenvalue weighted by atomic mass is 10.1. The lowest BCUT2D eigenvalue weighted by molar-refractivity contribution is -0.139. The topological polar surface area (TPSA) is 66.4 Å². The normalized spacial score (nSPS) is 11.9. The maximum absolute atomic E-state index is 12.7. The van der Waals surface area contributed by atoms with Gasteiger partial charge in [0.2, 0.25) is 0 Å². The summed E-state index contributed by atoms with van der Waals surface area (Å²) in [5.74, 6) is -2.00. The van der Waals surface area contributed by atoms with Crippen LogP contribution in [-0.4, -0.2) is 23.0 Å². The lowest BCUT2D eigenvalue weighted by Gasteiger charge is -2.13. The molecule has 98 valence electrons. The zero-order valence-electron chi connectivity index (χ0n) is 10.1. The molecule has 0 aliphatic heterocycles. The zero-order valence-corrected chi connectivity index (χ0v) is 10.1. The molecule has 1 aromatic carbocycles. The fourth-order valence-electron chi connectivity index (χ4n) is 1.51. The van der Waals surface area contributed by atoms with Crippen molar-refractivity contribution in [3.8, 4) is 0 Å². The first kappa shape index (κ1) is 14.2. The molecule has 0 radical (unpaired) electrons. The molecule has 0 spiro atoms. The number of hydrogen-bond donors (Lipinski definition) is 2. The van der Waals surface area contributed by atoms with E-state index in [0.29, 0.717) is 6.42 Å². The maximum atomic E-state index is 12.7. The van der Waals surface area contributed by atoms with Gasteiger partial charge in [-0.15, -0.1) is 0 Å². The van der Waals surface area contributed by atoms with Crippen LogP contribution < -0.4 is 5.32 Å². The number of amides is 1. The lowest BCUT2D eigenvalue weighted by Crippen LogP contribution is -2.40. The smallest absolute Gasteiger partial charge is 0.326 e. The summed E-state index contributed by atoms with van der Waals surface area (Å²) in [6, 6.07) is 4.07. The van der Waals surface area contributed by atoms with E-state index in [-0.39, 0.29) is 5.56 Å². The molecular formula is C13H16FNO3. The van der Waals surface area contributed by atoms with Crippen LogP contribution in [0, 0.1) is 5.82 Å². The fraction of sp³-hybridized carbons (Fsp3) is 0.385. The van der Waals surface area contributed by atoms with Gasteiger partial charge in [0.05, 0.1) is 0 Å². The summed E-state index contributed by atoms with van der Waals surface area (Å²) in [5, 5.41) is 11.4. The Hall–Kier alpha value is -1.91. The van der Waals surface area contributed by atoms with Crippen molar-refractivity contribution in [3.63, 3.8) is 0 Å². The maximum Gasteiger partial charge on any atom is 0.326 e. The molecule has 5 heteroatoms. The second kappa shape index (κ2) is 6.74. The number of nitrogens with one attached hydrogen (secondary N) is 1. The number of benzene rings is 1. The molecule has 0 aromatic heterocycles. The van der Waals surface area contributed by atoms with Gasteiger partial charge in [0.15, 0.2) is 0 Å². The van der Waals surface area contributed by atoms with E-state index < -0.39 is 23.7 Å². The van der Waals surface area contributed by atoms with Gasteiger partial charge in [-0.3, -0.25) is 4.79 Å². The van der Waals surface area contributed by atoms with E-state index in [1.165, 1.54) is 12.1 Å². The van der Waals surface area contributed by atoms with E-state index >= 15 is 0 Å². The SMILES string of the molecule is CCCC[C@H](NC(=O)c1ccc(F)cc1)C(=O)O. The van der Waals surface area contributed by atoms with Gasteiger partial charge in [-0.2, -0.15) is 0 Å². The summed E-state index contributed by atoms with van der Waals surface area (Å²) in [5.41, 5.74) is 0.249. The highest BCUT2D eigenvalue weighted by Gasteiger charge is 2.19. The van der Waals surface area contributed by atoms with Gasteiger partial charge < -0.3 is 10.4 Å². The van der Waals surface area contributed by atoms with Crippen molar-refractivity contribution in [3.05, 3.63) is 35.6 Å². The van der Waals surface area contributed by atoms with E-state index in [1.807, 2.05) is 6.92 Å². The fourth-order valence-corrected chi connectivity index (χ4v) is 1.51. The summed E-state index contributed by atoms with van der Waals surface area (Å²) in [7, 11) is 0. The molecule has 1 aromatic rings. The number of halogens is 1. The molecule has 0 fully saturated rings. The predicted octanol–water partition coefficient (Wildman–Crippen LogP) is 2.20. The van der Waals surface area contributed by atoms with Crippen LogP contribution in [0.15, 0.2) is 24.3 Å². The molecule has 0 aliphatic rings. The standard InChI is InChI=1S/C13H16FNO3/c1-2-3-4-11(13(17)18)15-12(16)9-5-7-10(14)8-6-9/h5-8,11H,2-4H2,1H3,(H,15,16)(H,17,18)/t11-/m0/s1. The monoisotopic (exact) mass is 253 g/mol. The number of carbonyl (C=O) groups excluding carboxylic acids is 1. The number of rotatable bonds is 6. The molecule has 2 N–H and O–H groups in total. The highest BCUT2D eigenvalue weighted by molar-refractivity contribution is 5.96. The van der Waals surface area contributed by atoms with E-state index in [0.717, 1.165) is 25.0 Å². The van der Waals surface area contributed by atoms with Crippen LogP contribution in [0.5, 0.6) is 0 Å². The number of carboxylic acids is 1. The van der Waals surface area contributed by atoms with Crippen molar-refractivity contribution < 1.29 is 19.1 Å². The Kier molecular flexibility index (Phi) is 5.30. The first-order valence-electron chi connectivity index (χ1n) is 5.83. The molecule has 1 amide bonds. The number of aliphatic carboxylic acids is 1. The number of carbonyl (C=O) groups is 2. The Morgan fingerprint density at radius 1 is 1.33 bits per heavy atom. The van der Waals surface area contributed by atoms with Crippen LogP contribution in [-0.2, 0) is 4.79 Å². The Morgan fingerprint density at radius 3 is 2.44 bits per heavy atom. The van der Waals surface area contributed by atoms with E-state index in [2.05, 4.69) is 5.32 Å². The number of hydrogen-bond acceptors (Lipinski definition) is 2. The van der Waals surface area contributed by atoms with Gasteiger partial charge in [0, 0.05) is 5.56 Å². The Balaban J connectivity index is 2.66. The van der Waals surface area contributed by atoms with E-state index in [1.54, 1.807) is 0 Å². The quantitative estimate of drug-likeness (QED) is 0.816. The highest BCUT2D eigenvalue weighted by Crippen LogP contribution is 2.05. The van der Waals surface area contributed by atoms with E-state index in [4.69, 9.17) is 5.11 Å². The summed E-state index contributed by atoms with van der Waals surface area (Å²) >= 11 is 0. The van der Waals surface area contributed by atoms with E-state index in [9.17, 15) is 14.0 Å². The van der Waals surface area contributed by atoms with Crippen molar-refractivity contribution in [1.82, 2.24) is 5.32 Å². The Morgan fingerprint density at radius 2 is 1.94 bits per heavy atom. The van der Waals surface area contributed by atoms with Crippen molar-refractivity contribution in [2.45, 2.75) is 32.2 Å². The van der Waals surface area contributed by atoms with Gasteiger partial charge in [-0.1, -0.05) is 19.8 Å². The molecule has 0 aliphatic carbocycles. The molecule has 1 rings (SSSR count). The largest absolute Gasteiger partial charge is 0.480 e. The molecule has 1 atom stereocenters. The Bertz CT molecular complexity index is 417. The van der Waals surface area contributed by atoms with Gasteiger partial charge in [0.1, 0.15) is 11.9 Å². The number of carboxylic acid groups (broad SMARTS) is 1. The van der Waals surface area contributed by atoms with Crippen molar-refractivity contribution in [2.75, 3.05) is 0 Å². The molecule has 0 saturated carbocycles. The molecule has 0 heterocycles. The minimum absolute atomic E-state index is 0.249. The molecule has 0 saturated heterocycles. The first-order valence-corrected chi connectivity index (χ1v) is 5.83. The summed E-state index contributed by atoms with van der Waals surface area (Å²) in [4.78, 5) is 22.7.